The maximum atomic E-state index is 12.8. The lowest BCUT2D eigenvalue weighted by Gasteiger charge is -2.18. The van der Waals surface area contributed by atoms with Crippen LogP contribution in [0.25, 0.3) is 11.4 Å². The average Bonchev–Trinajstić information content (AvgIpc) is 3.11. The van der Waals surface area contributed by atoms with E-state index in [1.54, 1.807) is 0 Å². The summed E-state index contributed by atoms with van der Waals surface area (Å²) in [7, 11) is -2.47. The molecule has 2 aromatic carbocycles. The second-order valence-corrected chi connectivity index (χ2v) is 10.5. The van der Waals surface area contributed by atoms with Gasteiger partial charge in [-0.15, -0.1) is 0 Å². The molecule has 3 rings (SSSR count). The standard InChI is InChI=1S/C20H21Cl2N3O3S/c1-20(2,3)14-7-5-13(6-8-14)19-23-18(28-24-19)12-25(4)29(26,27)17-11-15(21)9-10-16(17)22/h5-11H,12H2,1-4H3. The normalized spacial score (nSPS) is 12.5. The van der Waals surface area contributed by atoms with Gasteiger partial charge in [0.05, 0.1) is 11.6 Å². The van der Waals surface area contributed by atoms with Crippen LogP contribution in [0.1, 0.15) is 32.2 Å². The first-order valence-electron chi connectivity index (χ1n) is 8.83. The van der Waals surface area contributed by atoms with Crippen LogP contribution in [0.2, 0.25) is 10.0 Å². The number of benzene rings is 2. The molecule has 6 nitrogen and oxygen atoms in total. The summed E-state index contributed by atoms with van der Waals surface area (Å²) in [6, 6.07) is 12.1. The van der Waals surface area contributed by atoms with Gasteiger partial charge in [-0.05, 0) is 29.2 Å². The molecule has 9 heteroatoms. The molecule has 0 amide bonds. The van der Waals surface area contributed by atoms with Crippen LogP contribution < -0.4 is 0 Å². The molecule has 0 radical (unpaired) electrons. The molecule has 154 valence electrons. The molecule has 1 aromatic heterocycles. The predicted octanol–water partition coefficient (Wildman–Crippen LogP) is 5.16. The second kappa shape index (κ2) is 8.07. The van der Waals surface area contributed by atoms with E-state index in [0.717, 1.165) is 9.87 Å². The van der Waals surface area contributed by atoms with E-state index in [-0.39, 0.29) is 32.8 Å². The molecule has 0 N–H and O–H groups in total. The van der Waals surface area contributed by atoms with Gasteiger partial charge in [-0.2, -0.15) is 9.29 Å². The molecule has 0 bridgehead atoms. The lowest BCUT2D eigenvalue weighted by atomic mass is 9.87. The van der Waals surface area contributed by atoms with Crippen LogP contribution in [-0.2, 0) is 22.0 Å². The highest BCUT2D eigenvalue weighted by molar-refractivity contribution is 7.89. The molecule has 0 saturated carbocycles. The van der Waals surface area contributed by atoms with E-state index in [1.165, 1.54) is 30.8 Å². The Labute approximate surface area is 180 Å². The Morgan fingerprint density at radius 1 is 1.07 bits per heavy atom. The molecule has 1 heterocycles. The summed E-state index contributed by atoms with van der Waals surface area (Å²) in [5.74, 6) is 0.566. The summed E-state index contributed by atoms with van der Waals surface area (Å²) in [6.45, 7) is 6.31. The average molecular weight is 454 g/mol. The van der Waals surface area contributed by atoms with E-state index in [0.29, 0.717) is 5.82 Å². The molecular formula is C20H21Cl2N3O3S. The fraction of sp³-hybridized carbons (Fsp3) is 0.300. The first-order valence-corrected chi connectivity index (χ1v) is 11.0. The highest BCUT2D eigenvalue weighted by atomic mass is 35.5. The van der Waals surface area contributed by atoms with Gasteiger partial charge in [-0.3, -0.25) is 0 Å². The zero-order valence-corrected chi connectivity index (χ0v) is 18.8. The quantitative estimate of drug-likeness (QED) is 0.532. The Bertz CT molecular complexity index is 1120. The molecule has 0 saturated heterocycles. The van der Waals surface area contributed by atoms with Crippen molar-refractivity contribution in [1.82, 2.24) is 14.4 Å². The number of sulfonamides is 1. The Kier molecular flexibility index (Phi) is 6.06. The van der Waals surface area contributed by atoms with Gasteiger partial charge in [0.2, 0.25) is 21.7 Å². The number of hydrogen-bond donors (Lipinski definition) is 0. The summed E-state index contributed by atoms with van der Waals surface area (Å²) in [5, 5.41) is 4.33. The predicted molar refractivity (Wildman–Crippen MR) is 114 cm³/mol. The van der Waals surface area contributed by atoms with Crippen molar-refractivity contribution >= 4 is 33.2 Å². The molecule has 29 heavy (non-hydrogen) atoms. The van der Waals surface area contributed by atoms with Gasteiger partial charge < -0.3 is 4.52 Å². The molecule has 0 fully saturated rings. The van der Waals surface area contributed by atoms with Crippen molar-refractivity contribution < 1.29 is 12.9 Å². The third-order valence-electron chi connectivity index (χ3n) is 4.42. The van der Waals surface area contributed by atoms with E-state index in [1.807, 2.05) is 24.3 Å². The van der Waals surface area contributed by atoms with Crippen LogP contribution in [0.3, 0.4) is 0 Å². The number of hydrogen-bond acceptors (Lipinski definition) is 5. The van der Waals surface area contributed by atoms with Gasteiger partial charge in [-0.1, -0.05) is 73.4 Å². The number of halogens is 2. The largest absolute Gasteiger partial charge is 0.338 e. The fourth-order valence-corrected chi connectivity index (χ4v) is 4.53. The molecule has 0 spiro atoms. The van der Waals surface area contributed by atoms with Crippen molar-refractivity contribution in [2.45, 2.75) is 37.6 Å². The zero-order chi connectivity index (χ0) is 21.4. The van der Waals surface area contributed by atoms with Crippen LogP contribution in [0.5, 0.6) is 0 Å². The van der Waals surface area contributed by atoms with Crippen molar-refractivity contribution in [3.05, 3.63) is 64.0 Å². The van der Waals surface area contributed by atoms with E-state index < -0.39 is 10.0 Å². The van der Waals surface area contributed by atoms with Gasteiger partial charge in [0.25, 0.3) is 0 Å². The summed E-state index contributed by atoms with van der Waals surface area (Å²) >= 11 is 12.0. The number of rotatable bonds is 5. The minimum Gasteiger partial charge on any atom is -0.338 e. The Hall–Kier alpha value is -1.93. The van der Waals surface area contributed by atoms with Gasteiger partial charge >= 0.3 is 0 Å². The lowest BCUT2D eigenvalue weighted by Crippen LogP contribution is -2.27. The van der Waals surface area contributed by atoms with E-state index in [9.17, 15) is 8.42 Å². The molecule has 3 aromatic rings. The van der Waals surface area contributed by atoms with Crippen molar-refractivity contribution in [2.75, 3.05) is 7.05 Å². The first-order chi connectivity index (χ1) is 13.5. The number of nitrogens with zero attached hydrogens (tertiary/aromatic N) is 3. The van der Waals surface area contributed by atoms with E-state index in [4.69, 9.17) is 27.7 Å². The summed E-state index contributed by atoms with van der Waals surface area (Å²) < 4.78 is 32.0. The van der Waals surface area contributed by atoms with Gasteiger partial charge in [-0.25, -0.2) is 8.42 Å². The Morgan fingerprint density at radius 3 is 2.34 bits per heavy atom. The topological polar surface area (TPSA) is 76.3 Å². The molecule has 0 unspecified atom stereocenters. The lowest BCUT2D eigenvalue weighted by molar-refractivity contribution is 0.337. The third-order valence-corrected chi connectivity index (χ3v) is 6.94. The summed E-state index contributed by atoms with van der Waals surface area (Å²) in [6.07, 6.45) is 0. The zero-order valence-electron chi connectivity index (χ0n) is 16.5. The SMILES string of the molecule is CN(Cc1nc(-c2ccc(C(C)(C)C)cc2)no1)S(=O)(=O)c1cc(Cl)ccc1Cl. The minimum atomic E-state index is -3.88. The van der Waals surface area contributed by atoms with E-state index in [2.05, 4.69) is 30.9 Å². The van der Waals surface area contributed by atoms with Crippen LogP contribution >= 0.6 is 23.2 Å². The Balaban J connectivity index is 1.80. The van der Waals surface area contributed by atoms with Crippen LogP contribution in [0.4, 0.5) is 0 Å². The van der Waals surface area contributed by atoms with Crippen molar-refractivity contribution in [3.63, 3.8) is 0 Å². The van der Waals surface area contributed by atoms with Crippen molar-refractivity contribution in [3.8, 4) is 11.4 Å². The molecule has 0 atom stereocenters. The van der Waals surface area contributed by atoms with Crippen LogP contribution in [-0.4, -0.2) is 29.9 Å². The van der Waals surface area contributed by atoms with Crippen molar-refractivity contribution in [2.24, 2.45) is 0 Å². The minimum absolute atomic E-state index is 0.0413. The van der Waals surface area contributed by atoms with Gasteiger partial charge in [0.15, 0.2) is 0 Å². The first kappa shape index (κ1) is 21.8. The monoisotopic (exact) mass is 453 g/mol. The molecule has 0 aliphatic rings. The highest BCUT2D eigenvalue weighted by Gasteiger charge is 2.26. The summed E-state index contributed by atoms with van der Waals surface area (Å²) in [5.41, 5.74) is 2.02. The van der Waals surface area contributed by atoms with Gasteiger partial charge in [0.1, 0.15) is 4.90 Å². The fourth-order valence-electron chi connectivity index (χ4n) is 2.67. The molecular weight excluding hydrogens is 433 g/mol. The van der Waals surface area contributed by atoms with Crippen LogP contribution in [0.15, 0.2) is 51.9 Å². The Morgan fingerprint density at radius 2 is 1.72 bits per heavy atom. The summed E-state index contributed by atoms with van der Waals surface area (Å²) in [4.78, 5) is 4.24. The van der Waals surface area contributed by atoms with E-state index >= 15 is 0 Å². The molecule has 0 aliphatic carbocycles. The van der Waals surface area contributed by atoms with Crippen molar-refractivity contribution in [1.29, 1.82) is 0 Å². The van der Waals surface area contributed by atoms with Crippen LogP contribution in [0, 0.1) is 0 Å². The number of aromatic nitrogens is 2. The van der Waals surface area contributed by atoms with Gasteiger partial charge in [0, 0.05) is 17.6 Å². The molecule has 0 aliphatic heterocycles. The maximum absolute atomic E-state index is 12.8. The second-order valence-electron chi connectivity index (χ2n) is 7.67. The third kappa shape index (κ3) is 4.80. The smallest absolute Gasteiger partial charge is 0.244 e. The highest BCUT2D eigenvalue weighted by Crippen LogP contribution is 2.28. The maximum Gasteiger partial charge on any atom is 0.244 e.